The number of amides is 1. The van der Waals surface area contributed by atoms with Gasteiger partial charge in [0, 0.05) is 47.5 Å². The predicted molar refractivity (Wildman–Crippen MR) is 139 cm³/mol. The van der Waals surface area contributed by atoms with Crippen LogP contribution in [0.25, 0.3) is 0 Å². The Hall–Kier alpha value is -1.69. The second kappa shape index (κ2) is 11.6. The molecule has 192 valence electrons. The van der Waals surface area contributed by atoms with Crippen LogP contribution in [0.4, 0.5) is 5.69 Å². The van der Waals surface area contributed by atoms with Crippen molar-refractivity contribution in [3.05, 3.63) is 58.1 Å². The van der Waals surface area contributed by atoms with Crippen LogP contribution in [0.1, 0.15) is 32.3 Å². The molecule has 0 aliphatic carbocycles. The Bertz CT molecular complexity index is 1240. The van der Waals surface area contributed by atoms with E-state index < -0.39 is 26.0 Å². The lowest BCUT2D eigenvalue weighted by molar-refractivity contribution is -0.120. The lowest BCUT2D eigenvalue weighted by Crippen LogP contribution is -2.44. The highest BCUT2D eigenvalue weighted by atomic mass is 35.5. The summed E-state index contributed by atoms with van der Waals surface area (Å²) in [5.41, 5.74) is 0.776. The summed E-state index contributed by atoms with van der Waals surface area (Å²) in [7, 11) is -7.34. The number of halogens is 2. The third kappa shape index (κ3) is 6.55. The number of piperidine rings is 1. The van der Waals surface area contributed by atoms with Crippen molar-refractivity contribution in [3.63, 3.8) is 0 Å². The van der Waals surface area contributed by atoms with Crippen molar-refractivity contribution in [1.29, 1.82) is 0 Å². The normalized spacial score (nSPS) is 17.5. The van der Waals surface area contributed by atoms with E-state index in [0.29, 0.717) is 43.7 Å². The van der Waals surface area contributed by atoms with Crippen LogP contribution in [0.3, 0.4) is 0 Å². The molecule has 12 heteroatoms. The molecule has 2 aromatic carbocycles. The van der Waals surface area contributed by atoms with Crippen molar-refractivity contribution in [2.45, 2.75) is 37.3 Å². The second-order valence-electron chi connectivity index (χ2n) is 8.26. The van der Waals surface area contributed by atoms with Gasteiger partial charge in [0.2, 0.25) is 26.0 Å². The minimum absolute atomic E-state index is 0.0463. The van der Waals surface area contributed by atoms with Crippen LogP contribution in [0, 0.1) is 5.92 Å². The summed E-state index contributed by atoms with van der Waals surface area (Å²) in [6, 6.07) is 10.8. The van der Waals surface area contributed by atoms with Gasteiger partial charge in [-0.05, 0) is 49.2 Å². The molecule has 1 fully saturated rings. The van der Waals surface area contributed by atoms with Gasteiger partial charge in [0.15, 0.2) is 0 Å². The molecule has 1 saturated heterocycles. The summed E-state index contributed by atoms with van der Waals surface area (Å²) >= 11 is 12.3. The van der Waals surface area contributed by atoms with Crippen LogP contribution in [0.15, 0.2) is 47.4 Å². The first-order valence-corrected chi connectivity index (χ1v) is 15.1. The summed E-state index contributed by atoms with van der Waals surface area (Å²) in [6.07, 6.45) is 1.08. The van der Waals surface area contributed by atoms with Gasteiger partial charge < -0.3 is 5.32 Å². The van der Waals surface area contributed by atoms with Gasteiger partial charge in [-0.25, -0.2) is 21.1 Å². The summed E-state index contributed by atoms with van der Waals surface area (Å²) < 4.78 is 54.0. The van der Waals surface area contributed by atoms with E-state index in [1.54, 1.807) is 32.0 Å². The lowest BCUT2D eigenvalue weighted by atomic mass is 9.99. The summed E-state index contributed by atoms with van der Waals surface area (Å²) in [5.74, 6) is -1.21. The average Bonchev–Trinajstić information content (AvgIpc) is 2.82. The fraction of sp³-hybridized carbons (Fsp3) is 0.435. The van der Waals surface area contributed by atoms with Crippen molar-refractivity contribution in [2.24, 2.45) is 5.92 Å². The molecule has 1 amide bonds. The molecule has 1 heterocycles. The van der Waals surface area contributed by atoms with Crippen LogP contribution in [0.5, 0.6) is 0 Å². The van der Waals surface area contributed by atoms with E-state index in [-0.39, 0.29) is 33.1 Å². The van der Waals surface area contributed by atoms with Crippen LogP contribution in [0.2, 0.25) is 10.0 Å². The van der Waals surface area contributed by atoms with Crippen molar-refractivity contribution in [2.75, 3.05) is 31.5 Å². The van der Waals surface area contributed by atoms with Gasteiger partial charge in [-0.3, -0.25) is 4.79 Å². The molecular formula is C23H29Cl2N3O5S2. The summed E-state index contributed by atoms with van der Waals surface area (Å²) in [6.45, 7) is 4.62. The first-order chi connectivity index (χ1) is 16.5. The molecule has 0 radical (unpaired) electrons. The lowest BCUT2D eigenvalue weighted by Gasteiger charge is -2.31. The van der Waals surface area contributed by atoms with Crippen LogP contribution in [-0.4, -0.2) is 57.5 Å². The van der Waals surface area contributed by atoms with Gasteiger partial charge in [-0.2, -0.15) is 4.31 Å². The van der Waals surface area contributed by atoms with E-state index in [9.17, 15) is 21.6 Å². The molecule has 0 spiro atoms. The standard InChI is InChI=1S/C23H29Cl2N3O5S2/c1-3-27(4-2)35(32,33)19-12-10-18(11-13-19)26-23(29)17-7-6-14-28(15-17)34(30,31)16-20-21(24)8-5-9-22(20)25/h5,8-13,17H,3-4,6-7,14-16H2,1-2H3,(H,26,29). The van der Waals surface area contributed by atoms with Crippen LogP contribution in [-0.2, 0) is 30.6 Å². The Labute approximate surface area is 217 Å². The molecule has 0 aromatic heterocycles. The molecule has 3 rings (SSSR count). The molecule has 1 aliphatic heterocycles. The highest BCUT2D eigenvalue weighted by molar-refractivity contribution is 7.89. The Morgan fingerprint density at radius 1 is 1.03 bits per heavy atom. The van der Waals surface area contributed by atoms with Gasteiger partial charge in [-0.1, -0.05) is 43.1 Å². The zero-order valence-electron chi connectivity index (χ0n) is 19.6. The van der Waals surface area contributed by atoms with Crippen LogP contribution >= 0.6 is 23.2 Å². The number of carbonyl (C=O) groups excluding carboxylic acids is 1. The SMILES string of the molecule is CCN(CC)S(=O)(=O)c1ccc(NC(=O)C2CCCN(S(=O)(=O)Cc3c(Cl)cccc3Cl)C2)cc1. The van der Waals surface area contributed by atoms with Gasteiger partial charge in [0.05, 0.1) is 16.6 Å². The number of carbonyl (C=O) groups is 1. The fourth-order valence-electron chi connectivity index (χ4n) is 4.02. The first kappa shape index (κ1) is 27.9. The maximum Gasteiger partial charge on any atom is 0.243 e. The highest BCUT2D eigenvalue weighted by Crippen LogP contribution is 2.29. The summed E-state index contributed by atoms with van der Waals surface area (Å²) in [4.78, 5) is 13.0. The average molecular weight is 563 g/mol. The van der Waals surface area contributed by atoms with E-state index in [4.69, 9.17) is 23.2 Å². The number of hydrogen-bond acceptors (Lipinski definition) is 5. The van der Waals surface area contributed by atoms with Crippen molar-refractivity contribution >= 4 is 54.8 Å². The molecule has 0 bridgehead atoms. The molecular weight excluding hydrogens is 533 g/mol. The summed E-state index contributed by atoms with van der Waals surface area (Å²) in [5, 5.41) is 3.33. The molecule has 1 aliphatic rings. The third-order valence-corrected chi connectivity index (χ3v) is 10.5. The minimum Gasteiger partial charge on any atom is -0.326 e. The Kier molecular flexibility index (Phi) is 9.22. The van der Waals surface area contributed by atoms with Crippen LogP contribution < -0.4 is 5.32 Å². The number of nitrogens with zero attached hydrogens (tertiary/aromatic N) is 2. The van der Waals surface area contributed by atoms with E-state index >= 15 is 0 Å². The van der Waals surface area contributed by atoms with Gasteiger partial charge in [0.25, 0.3) is 0 Å². The maximum absolute atomic E-state index is 13.0. The fourth-order valence-corrected chi connectivity index (χ4v) is 7.84. The molecule has 1 N–H and O–H groups in total. The van der Waals surface area contributed by atoms with Crippen molar-refractivity contribution in [3.8, 4) is 0 Å². The monoisotopic (exact) mass is 561 g/mol. The van der Waals surface area contributed by atoms with Gasteiger partial charge >= 0.3 is 0 Å². The number of hydrogen-bond donors (Lipinski definition) is 1. The molecule has 2 aromatic rings. The van der Waals surface area contributed by atoms with E-state index in [1.807, 2.05) is 0 Å². The number of benzene rings is 2. The zero-order chi connectivity index (χ0) is 25.8. The topological polar surface area (TPSA) is 104 Å². The predicted octanol–water partition coefficient (Wildman–Crippen LogP) is 4.20. The maximum atomic E-state index is 13.0. The van der Waals surface area contributed by atoms with Gasteiger partial charge in [0.1, 0.15) is 0 Å². The van der Waals surface area contributed by atoms with E-state index in [2.05, 4.69) is 5.32 Å². The smallest absolute Gasteiger partial charge is 0.243 e. The molecule has 35 heavy (non-hydrogen) atoms. The molecule has 1 atom stereocenters. The van der Waals surface area contributed by atoms with Crippen molar-refractivity contribution < 1.29 is 21.6 Å². The third-order valence-electron chi connectivity index (χ3n) is 6.00. The van der Waals surface area contributed by atoms with E-state index in [0.717, 1.165) is 0 Å². The first-order valence-electron chi connectivity index (χ1n) is 11.3. The molecule has 8 nitrogen and oxygen atoms in total. The number of rotatable bonds is 9. The zero-order valence-corrected chi connectivity index (χ0v) is 22.7. The second-order valence-corrected chi connectivity index (χ2v) is 13.0. The van der Waals surface area contributed by atoms with Gasteiger partial charge in [-0.15, -0.1) is 0 Å². The Morgan fingerprint density at radius 2 is 1.63 bits per heavy atom. The van der Waals surface area contributed by atoms with E-state index in [1.165, 1.54) is 32.9 Å². The quantitative estimate of drug-likeness (QED) is 0.494. The minimum atomic E-state index is -3.74. The Balaban J connectivity index is 1.67. The largest absolute Gasteiger partial charge is 0.326 e. The number of sulfonamides is 2. The van der Waals surface area contributed by atoms with Crippen molar-refractivity contribution in [1.82, 2.24) is 8.61 Å². The number of anilines is 1. The molecule has 1 unspecified atom stereocenters. The number of nitrogens with one attached hydrogen (secondary N) is 1. The highest BCUT2D eigenvalue weighted by Gasteiger charge is 2.33. The Morgan fingerprint density at radius 3 is 2.20 bits per heavy atom. The molecule has 0 saturated carbocycles.